The molecule has 2 aromatic rings. The van der Waals surface area contributed by atoms with Gasteiger partial charge >= 0.3 is 0 Å². The molecule has 1 aliphatic heterocycles. The van der Waals surface area contributed by atoms with Crippen molar-refractivity contribution in [3.8, 4) is 17.1 Å². The molecule has 1 unspecified atom stereocenters. The Hall–Kier alpha value is -3.14. The van der Waals surface area contributed by atoms with Crippen LogP contribution in [-0.4, -0.2) is 63.4 Å². The number of hydrogen-bond donors (Lipinski definition) is 4. The molecule has 0 amide bonds. The number of nitrogens with zero attached hydrogens (tertiary/aromatic N) is 6. The predicted octanol–water partition coefficient (Wildman–Crippen LogP) is 1.12. The molecule has 0 radical (unpaired) electrons. The molecule has 1 aliphatic rings. The molecular weight excluding hydrogens is 346 g/mol. The number of rotatable bonds is 6. The van der Waals surface area contributed by atoms with Crippen LogP contribution in [-0.2, 0) is 0 Å². The smallest absolute Gasteiger partial charge is 0.245 e. The normalized spacial score (nSPS) is 17.4. The topological polar surface area (TPSA) is 135 Å². The number of aromatic nitrogens is 4. The Morgan fingerprint density at radius 2 is 2.22 bits per heavy atom. The molecule has 0 bridgehead atoms. The molecule has 3 rings (SSSR count). The highest BCUT2D eigenvalue weighted by molar-refractivity contribution is 6.14. The molecular formula is C17H23N9O. The quantitative estimate of drug-likeness (QED) is 0.439. The largest absolute Gasteiger partial charge is 0.506 e. The highest BCUT2D eigenvalue weighted by Crippen LogP contribution is 2.27. The van der Waals surface area contributed by atoms with Crippen LogP contribution in [0.3, 0.4) is 0 Å². The van der Waals surface area contributed by atoms with Gasteiger partial charge in [-0.2, -0.15) is 5.10 Å². The molecule has 27 heavy (non-hydrogen) atoms. The van der Waals surface area contributed by atoms with Gasteiger partial charge in [0.1, 0.15) is 17.1 Å². The van der Waals surface area contributed by atoms with Gasteiger partial charge in [0.15, 0.2) is 0 Å². The second-order valence-electron chi connectivity index (χ2n) is 6.54. The lowest BCUT2D eigenvalue weighted by molar-refractivity contribution is 0.365. The van der Waals surface area contributed by atoms with E-state index in [1.165, 1.54) is 18.5 Å². The molecule has 1 atom stereocenters. The maximum absolute atomic E-state index is 10.2. The van der Waals surface area contributed by atoms with Crippen LogP contribution in [0.1, 0.15) is 13.8 Å². The molecule has 10 heteroatoms. The fraction of sp³-hybridized carbons (Fsp3) is 0.412. The van der Waals surface area contributed by atoms with Crippen molar-refractivity contribution >= 4 is 24.1 Å². The minimum atomic E-state index is -0.0593. The summed E-state index contributed by atoms with van der Waals surface area (Å²) < 4.78 is 0. The predicted molar refractivity (Wildman–Crippen MR) is 104 cm³/mol. The highest BCUT2D eigenvalue weighted by atomic mass is 16.3. The van der Waals surface area contributed by atoms with Gasteiger partial charge in [0, 0.05) is 38.0 Å². The Morgan fingerprint density at radius 1 is 1.37 bits per heavy atom. The lowest BCUT2D eigenvalue weighted by Gasteiger charge is -2.35. The summed E-state index contributed by atoms with van der Waals surface area (Å²) in [5, 5.41) is 32.7. The lowest BCUT2D eigenvalue weighted by Crippen LogP contribution is -2.53. The third-order valence-electron chi connectivity index (χ3n) is 4.30. The first kappa shape index (κ1) is 18.6. The maximum Gasteiger partial charge on any atom is 0.245 e. The second-order valence-corrected chi connectivity index (χ2v) is 6.54. The fourth-order valence-corrected chi connectivity index (χ4v) is 2.79. The van der Waals surface area contributed by atoms with Gasteiger partial charge in [-0.1, -0.05) is 13.8 Å². The SMILES string of the molecule is CC(C)C1CN(c2ncc(-c3ncc(N/N=C\C=N)cc3O)nn2)CCN1. The van der Waals surface area contributed by atoms with Crippen molar-refractivity contribution in [1.82, 2.24) is 25.5 Å². The van der Waals surface area contributed by atoms with E-state index in [4.69, 9.17) is 5.41 Å². The number of nitrogens with one attached hydrogen (secondary N) is 3. The van der Waals surface area contributed by atoms with Crippen LogP contribution in [0.2, 0.25) is 0 Å². The Morgan fingerprint density at radius 3 is 2.89 bits per heavy atom. The van der Waals surface area contributed by atoms with E-state index in [9.17, 15) is 5.11 Å². The summed E-state index contributed by atoms with van der Waals surface area (Å²) in [5.74, 6) is 1.04. The third-order valence-corrected chi connectivity index (χ3v) is 4.30. The molecule has 142 valence electrons. The van der Waals surface area contributed by atoms with Crippen molar-refractivity contribution in [2.75, 3.05) is 30.0 Å². The van der Waals surface area contributed by atoms with E-state index >= 15 is 0 Å². The zero-order valence-corrected chi connectivity index (χ0v) is 15.3. The van der Waals surface area contributed by atoms with Crippen LogP contribution in [0.25, 0.3) is 11.4 Å². The van der Waals surface area contributed by atoms with Crippen molar-refractivity contribution in [1.29, 1.82) is 5.41 Å². The van der Waals surface area contributed by atoms with E-state index in [0.717, 1.165) is 25.8 Å². The van der Waals surface area contributed by atoms with Crippen molar-refractivity contribution in [2.45, 2.75) is 19.9 Å². The summed E-state index contributed by atoms with van der Waals surface area (Å²) in [7, 11) is 0. The van der Waals surface area contributed by atoms with E-state index in [1.54, 1.807) is 6.20 Å². The number of hydrazone groups is 1. The van der Waals surface area contributed by atoms with Gasteiger partial charge in [-0.3, -0.25) is 5.43 Å². The molecule has 0 aliphatic carbocycles. The van der Waals surface area contributed by atoms with Crippen LogP contribution in [0, 0.1) is 11.3 Å². The lowest BCUT2D eigenvalue weighted by atomic mass is 10.0. The fourth-order valence-electron chi connectivity index (χ4n) is 2.79. The van der Waals surface area contributed by atoms with Gasteiger partial charge in [0.2, 0.25) is 5.95 Å². The maximum atomic E-state index is 10.2. The summed E-state index contributed by atoms with van der Waals surface area (Å²) in [6.45, 7) is 6.91. The Labute approximate surface area is 157 Å². The first-order valence-corrected chi connectivity index (χ1v) is 8.74. The average molecular weight is 369 g/mol. The van der Waals surface area contributed by atoms with Crippen LogP contribution >= 0.6 is 0 Å². The molecule has 0 saturated carbocycles. The first-order chi connectivity index (χ1) is 13.1. The van der Waals surface area contributed by atoms with Gasteiger partial charge < -0.3 is 20.7 Å². The van der Waals surface area contributed by atoms with Gasteiger partial charge in [-0.15, -0.1) is 10.2 Å². The Kier molecular flexibility index (Phi) is 5.87. The van der Waals surface area contributed by atoms with Crippen LogP contribution in [0.15, 0.2) is 23.6 Å². The van der Waals surface area contributed by atoms with Crippen molar-refractivity contribution in [2.24, 2.45) is 11.0 Å². The van der Waals surface area contributed by atoms with Gasteiger partial charge in [-0.25, -0.2) is 9.97 Å². The monoisotopic (exact) mass is 369 g/mol. The van der Waals surface area contributed by atoms with E-state index < -0.39 is 0 Å². The second kappa shape index (κ2) is 8.49. The van der Waals surface area contributed by atoms with Gasteiger partial charge in [-0.05, 0) is 5.92 Å². The molecule has 3 heterocycles. The first-order valence-electron chi connectivity index (χ1n) is 8.74. The third kappa shape index (κ3) is 4.53. The van der Waals surface area contributed by atoms with Crippen LogP contribution in [0.4, 0.5) is 11.6 Å². The molecule has 4 N–H and O–H groups in total. The molecule has 1 saturated heterocycles. The van der Waals surface area contributed by atoms with Crippen molar-refractivity contribution in [3.05, 3.63) is 18.5 Å². The summed E-state index contributed by atoms with van der Waals surface area (Å²) in [6, 6.07) is 1.87. The van der Waals surface area contributed by atoms with E-state index in [-0.39, 0.29) is 5.75 Å². The van der Waals surface area contributed by atoms with Crippen molar-refractivity contribution in [3.63, 3.8) is 0 Å². The zero-order chi connectivity index (χ0) is 19.2. The average Bonchev–Trinajstić information content (AvgIpc) is 2.69. The summed E-state index contributed by atoms with van der Waals surface area (Å²) in [5.41, 5.74) is 3.84. The number of anilines is 2. The number of pyridine rings is 1. The zero-order valence-electron chi connectivity index (χ0n) is 15.3. The molecule has 0 spiro atoms. The van der Waals surface area contributed by atoms with Crippen molar-refractivity contribution < 1.29 is 5.11 Å². The standard InChI is InChI=1S/C17H23N9O/c1-11(2)14-10-26(6-5-19-14)17-21-9-13(24-25-17)16-15(27)7-12(8-20-16)23-22-4-3-18/h3-4,7-9,11,14,18-19,23,27H,5-6,10H2,1-2H3/b18-3?,22-4-. The van der Waals surface area contributed by atoms with E-state index in [0.29, 0.717) is 35.0 Å². The Bertz CT molecular complexity index is 807. The molecule has 10 nitrogen and oxygen atoms in total. The van der Waals surface area contributed by atoms with Gasteiger partial charge in [0.25, 0.3) is 0 Å². The summed E-state index contributed by atoms with van der Waals surface area (Å²) >= 11 is 0. The minimum absolute atomic E-state index is 0.0593. The Balaban J connectivity index is 1.73. The van der Waals surface area contributed by atoms with Gasteiger partial charge in [0.05, 0.1) is 24.3 Å². The molecule has 1 fully saturated rings. The molecule has 0 aromatic carbocycles. The number of piperazine rings is 1. The summed E-state index contributed by atoms with van der Waals surface area (Å²) in [4.78, 5) is 10.7. The summed E-state index contributed by atoms with van der Waals surface area (Å²) in [6.07, 6.45) is 5.39. The van der Waals surface area contributed by atoms with E-state index in [2.05, 4.69) is 54.8 Å². The van der Waals surface area contributed by atoms with Crippen LogP contribution < -0.4 is 15.6 Å². The van der Waals surface area contributed by atoms with E-state index in [1.807, 2.05) is 0 Å². The number of aromatic hydroxyl groups is 1. The highest BCUT2D eigenvalue weighted by Gasteiger charge is 2.23. The minimum Gasteiger partial charge on any atom is -0.506 e. The number of hydrogen-bond acceptors (Lipinski definition) is 10. The molecule has 2 aromatic heterocycles. The van der Waals surface area contributed by atoms with Crippen LogP contribution in [0.5, 0.6) is 5.75 Å².